The summed E-state index contributed by atoms with van der Waals surface area (Å²) < 4.78 is 0. The van der Waals surface area contributed by atoms with Crippen LogP contribution in [-0.2, 0) is 6.54 Å². The molecule has 1 saturated heterocycles. The third-order valence-electron chi connectivity index (χ3n) is 6.50. The third kappa shape index (κ3) is 5.34. The Bertz CT molecular complexity index is 1070. The van der Waals surface area contributed by atoms with Gasteiger partial charge < -0.3 is 20.6 Å². The van der Waals surface area contributed by atoms with Gasteiger partial charge in [0.15, 0.2) is 5.82 Å². The van der Waals surface area contributed by atoms with Gasteiger partial charge in [-0.05, 0) is 73.6 Å². The summed E-state index contributed by atoms with van der Waals surface area (Å²) >= 11 is 0. The Hall–Kier alpha value is -3.39. The van der Waals surface area contributed by atoms with E-state index in [0.29, 0.717) is 24.2 Å². The lowest BCUT2D eigenvalue weighted by molar-refractivity contribution is 0.203. The maximum Gasteiger partial charge on any atom is 0.319 e. The molecule has 1 aromatic heterocycles. The molecule has 2 fully saturated rings. The molecule has 1 aliphatic carbocycles. The normalized spacial score (nSPS) is 16.6. The first kappa shape index (κ1) is 21.5. The summed E-state index contributed by atoms with van der Waals surface area (Å²) in [5.41, 5.74) is 3.88. The van der Waals surface area contributed by atoms with Crippen LogP contribution in [0.15, 0.2) is 48.5 Å². The van der Waals surface area contributed by atoms with E-state index in [1.807, 2.05) is 24.3 Å². The first-order valence-electron chi connectivity index (χ1n) is 11.7. The van der Waals surface area contributed by atoms with Crippen molar-refractivity contribution in [3.8, 4) is 11.4 Å². The van der Waals surface area contributed by atoms with Crippen LogP contribution in [-0.4, -0.2) is 46.0 Å². The van der Waals surface area contributed by atoms with Crippen LogP contribution in [0.3, 0.4) is 0 Å². The van der Waals surface area contributed by atoms with Crippen LogP contribution in [0.5, 0.6) is 0 Å². The summed E-state index contributed by atoms with van der Waals surface area (Å²) in [7, 11) is 0. The molecule has 1 saturated carbocycles. The van der Waals surface area contributed by atoms with Crippen molar-refractivity contribution in [3.05, 3.63) is 59.9 Å². The minimum Gasteiger partial charge on any atom is -0.396 e. The van der Waals surface area contributed by atoms with Crippen molar-refractivity contribution in [2.24, 2.45) is 5.92 Å². The molecule has 2 aromatic carbocycles. The Kier molecular flexibility index (Phi) is 6.26. The Morgan fingerprint density at radius 1 is 1.03 bits per heavy atom. The van der Waals surface area contributed by atoms with Gasteiger partial charge in [-0.1, -0.05) is 12.1 Å². The molecule has 8 nitrogen and oxygen atoms in total. The van der Waals surface area contributed by atoms with E-state index < -0.39 is 0 Å². The Labute approximate surface area is 193 Å². The maximum atomic E-state index is 12.3. The first-order valence-corrected chi connectivity index (χ1v) is 11.7. The number of nitrogens with one attached hydrogen (secondary N) is 3. The predicted molar refractivity (Wildman–Crippen MR) is 128 cm³/mol. The zero-order valence-corrected chi connectivity index (χ0v) is 18.6. The number of amides is 2. The number of hydrogen-bond donors (Lipinski definition) is 4. The number of aliphatic hydroxyl groups excluding tert-OH is 1. The first-order chi connectivity index (χ1) is 16.2. The molecule has 33 heavy (non-hydrogen) atoms. The number of urea groups is 1. The Morgan fingerprint density at radius 2 is 1.76 bits per heavy atom. The number of nitrogens with zero attached hydrogens (tertiary/aromatic N) is 3. The number of benzene rings is 2. The van der Waals surface area contributed by atoms with E-state index in [0.717, 1.165) is 48.6 Å². The number of H-pyrrole nitrogens is 1. The molecule has 0 atom stereocenters. The zero-order chi connectivity index (χ0) is 22.6. The molecule has 4 N–H and O–H groups in total. The van der Waals surface area contributed by atoms with Crippen LogP contribution >= 0.6 is 0 Å². The van der Waals surface area contributed by atoms with E-state index >= 15 is 0 Å². The fourth-order valence-corrected chi connectivity index (χ4v) is 4.20. The minimum atomic E-state index is -0.244. The van der Waals surface area contributed by atoms with Crippen molar-refractivity contribution in [2.45, 2.75) is 38.1 Å². The summed E-state index contributed by atoms with van der Waals surface area (Å²) in [6.07, 6.45) is 4.42. The highest BCUT2D eigenvalue weighted by Gasteiger charge is 2.27. The topological polar surface area (TPSA) is 106 Å². The summed E-state index contributed by atoms with van der Waals surface area (Å²) in [5.74, 6) is 2.62. The van der Waals surface area contributed by atoms with Crippen LogP contribution in [0.1, 0.15) is 43.0 Å². The second-order valence-corrected chi connectivity index (χ2v) is 8.98. The molecule has 0 spiro atoms. The van der Waals surface area contributed by atoms with E-state index in [1.165, 1.54) is 18.5 Å². The molecule has 0 unspecified atom stereocenters. The number of rotatable bonds is 7. The van der Waals surface area contributed by atoms with E-state index in [-0.39, 0.29) is 12.6 Å². The van der Waals surface area contributed by atoms with Crippen LogP contribution in [0.2, 0.25) is 0 Å². The molecule has 5 rings (SSSR count). The molecule has 8 heteroatoms. The quantitative estimate of drug-likeness (QED) is 0.441. The second kappa shape index (κ2) is 9.62. The number of piperidine rings is 1. The SMILES string of the molecule is O=C(NCc1ccc(N2CCC(CO)CC2)cc1)Nc1ccc(-c2n[nH]c(C3CC3)n2)cc1. The number of aromatic nitrogens is 3. The van der Waals surface area contributed by atoms with Crippen LogP contribution in [0.4, 0.5) is 16.2 Å². The largest absolute Gasteiger partial charge is 0.396 e. The highest BCUT2D eigenvalue weighted by molar-refractivity contribution is 5.89. The summed E-state index contributed by atoms with van der Waals surface area (Å²) in [5, 5.41) is 22.4. The van der Waals surface area contributed by atoms with E-state index in [1.54, 1.807) is 0 Å². The molecular formula is C25H30N6O2. The van der Waals surface area contributed by atoms with Gasteiger partial charge in [0.25, 0.3) is 0 Å². The van der Waals surface area contributed by atoms with Crippen molar-refractivity contribution >= 4 is 17.4 Å². The molecule has 1 aliphatic heterocycles. The second-order valence-electron chi connectivity index (χ2n) is 8.98. The molecule has 2 heterocycles. The van der Waals surface area contributed by atoms with Gasteiger partial charge >= 0.3 is 6.03 Å². The molecule has 3 aromatic rings. The maximum absolute atomic E-state index is 12.3. The molecule has 0 bridgehead atoms. The Morgan fingerprint density at radius 3 is 2.42 bits per heavy atom. The lowest BCUT2D eigenvalue weighted by atomic mass is 9.97. The monoisotopic (exact) mass is 446 g/mol. The average Bonchev–Trinajstić information content (AvgIpc) is 3.60. The van der Waals surface area contributed by atoms with Crippen molar-refractivity contribution in [2.75, 3.05) is 29.9 Å². The molecule has 172 valence electrons. The standard InChI is InChI=1S/C25H30N6O2/c32-16-18-11-13-31(14-12-18)22-9-1-17(2-10-22)15-26-25(33)27-21-7-5-20(6-8-21)24-28-23(29-30-24)19-3-4-19/h1-2,5-10,18-19,32H,3-4,11-16H2,(H2,26,27,33)(H,28,29,30). The summed E-state index contributed by atoms with van der Waals surface area (Å²) in [6, 6.07) is 15.6. The lowest BCUT2D eigenvalue weighted by Crippen LogP contribution is -2.34. The average molecular weight is 447 g/mol. The predicted octanol–water partition coefficient (Wildman–Crippen LogP) is 3.88. The van der Waals surface area contributed by atoms with Gasteiger partial charge in [0.1, 0.15) is 5.82 Å². The van der Waals surface area contributed by atoms with Gasteiger partial charge in [-0.3, -0.25) is 5.10 Å². The Balaban J connectivity index is 1.09. The highest BCUT2D eigenvalue weighted by Crippen LogP contribution is 2.38. The van der Waals surface area contributed by atoms with Crippen molar-refractivity contribution < 1.29 is 9.90 Å². The van der Waals surface area contributed by atoms with Crippen LogP contribution < -0.4 is 15.5 Å². The summed E-state index contributed by atoms with van der Waals surface area (Å²) in [6.45, 7) is 2.69. The lowest BCUT2D eigenvalue weighted by Gasteiger charge is -2.33. The van der Waals surface area contributed by atoms with Crippen molar-refractivity contribution in [1.82, 2.24) is 20.5 Å². The minimum absolute atomic E-state index is 0.244. The third-order valence-corrected chi connectivity index (χ3v) is 6.50. The molecular weight excluding hydrogens is 416 g/mol. The van der Waals surface area contributed by atoms with Gasteiger partial charge in [-0.2, -0.15) is 5.10 Å². The molecule has 0 radical (unpaired) electrons. The number of hydrogen-bond acceptors (Lipinski definition) is 5. The van der Waals surface area contributed by atoms with Gasteiger partial charge in [0.2, 0.25) is 0 Å². The van der Waals surface area contributed by atoms with Gasteiger partial charge in [0, 0.05) is 49.1 Å². The van der Waals surface area contributed by atoms with E-state index in [2.05, 4.69) is 55.0 Å². The number of aliphatic hydroxyl groups is 1. The number of aromatic amines is 1. The summed E-state index contributed by atoms with van der Waals surface area (Å²) in [4.78, 5) is 19.2. The van der Waals surface area contributed by atoms with E-state index in [4.69, 9.17) is 0 Å². The van der Waals surface area contributed by atoms with Crippen molar-refractivity contribution in [1.29, 1.82) is 0 Å². The smallest absolute Gasteiger partial charge is 0.319 e. The van der Waals surface area contributed by atoms with Crippen LogP contribution in [0, 0.1) is 5.92 Å². The molecule has 2 aliphatic rings. The fourth-order valence-electron chi connectivity index (χ4n) is 4.20. The van der Waals surface area contributed by atoms with Gasteiger partial charge in [-0.25, -0.2) is 9.78 Å². The van der Waals surface area contributed by atoms with E-state index in [9.17, 15) is 9.90 Å². The number of anilines is 2. The fraction of sp³-hybridized carbons (Fsp3) is 0.400. The van der Waals surface area contributed by atoms with Gasteiger partial charge in [-0.15, -0.1) is 0 Å². The van der Waals surface area contributed by atoms with Crippen molar-refractivity contribution in [3.63, 3.8) is 0 Å². The molecule has 2 amide bonds. The highest BCUT2D eigenvalue weighted by atomic mass is 16.3. The zero-order valence-electron chi connectivity index (χ0n) is 18.6. The van der Waals surface area contributed by atoms with Gasteiger partial charge in [0.05, 0.1) is 0 Å². The van der Waals surface area contributed by atoms with Crippen LogP contribution in [0.25, 0.3) is 11.4 Å². The number of carbonyl (C=O) groups excluding carboxylic acids is 1. The number of carbonyl (C=O) groups is 1.